The molecule has 1 unspecified atom stereocenters. The summed E-state index contributed by atoms with van der Waals surface area (Å²) in [6.07, 6.45) is -4.60. The van der Waals surface area contributed by atoms with Crippen LogP contribution in [0, 0.1) is 6.92 Å². The van der Waals surface area contributed by atoms with Crippen molar-refractivity contribution in [3.05, 3.63) is 228 Å². The molecule has 65 heavy (non-hydrogen) atoms. The van der Waals surface area contributed by atoms with Crippen molar-refractivity contribution in [3.8, 4) is 16.8 Å². The maximum Gasteiger partial charge on any atom is 0.420 e. The van der Waals surface area contributed by atoms with Gasteiger partial charge >= 0.3 is 6.18 Å². The topological polar surface area (TPSA) is 21.3 Å². The number of halogens is 3. The largest absolute Gasteiger partial charge is 0.453 e. The highest BCUT2D eigenvalue weighted by molar-refractivity contribution is 6.20. The number of furan rings is 1. The van der Waals surface area contributed by atoms with Crippen LogP contribution in [0.15, 0.2) is 199 Å². The minimum Gasteiger partial charge on any atom is -0.453 e. The van der Waals surface area contributed by atoms with Crippen molar-refractivity contribution >= 4 is 82.4 Å². The molecular formula is C59H35F3N2O. The maximum atomic E-state index is 14.6. The average molecular weight is 845 g/mol. The number of aryl methyl sites for hydroxylation is 1. The number of anilines is 3. The zero-order valence-corrected chi connectivity index (χ0v) is 34.9. The molecule has 2 aromatic heterocycles. The normalized spacial score (nSPS) is 15.1. The van der Waals surface area contributed by atoms with Gasteiger partial charge in [-0.1, -0.05) is 158 Å². The molecule has 0 N–H and O–H groups in total. The number of hydrogen-bond donors (Lipinski definition) is 0. The molecule has 0 saturated carbocycles. The number of hydrogen-bond acceptors (Lipinski definition) is 2. The SMILES string of the molecule is Cc1ccccc1N(c1cc2c(c3ccccc13)-c1c(ccc3ccccc13)C21c2ccccc2-n2c3ccccc3c3cccc1c32)c1cccc2c1oc1c(C(F)(F)F)cccc12. The van der Waals surface area contributed by atoms with Crippen molar-refractivity contribution in [2.24, 2.45) is 0 Å². The highest BCUT2D eigenvalue weighted by Gasteiger charge is 2.52. The van der Waals surface area contributed by atoms with Gasteiger partial charge in [0.05, 0.1) is 39.1 Å². The van der Waals surface area contributed by atoms with E-state index in [1.165, 1.54) is 55.6 Å². The first-order valence-electron chi connectivity index (χ1n) is 21.9. The number of alkyl halides is 3. The molecule has 10 aromatic carbocycles. The molecule has 3 nitrogen and oxygen atoms in total. The molecule has 2 aliphatic rings. The van der Waals surface area contributed by atoms with E-state index in [-0.39, 0.29) is 5.58 Å². The van der Waals surface area contributed by atoms with Crippen LogP contribution in [0.3, 0.4) is 0 Å². The van der Waals surface area contributed by atoms with Gasteiger partial charge < -0.3 is 13.9 Å². The van der Waals surface area contributed by atoms with E-state index in [1.54, 1.807) is 6.07 Å². The first-order chi connectivity index (χ1) is 31.8. The Hall–Kier alpha value is -8.09. The van der Waals surface area contributed by atoms with Crippen LogP contribution >= 0.6 is 0 Å². The first-order valence-corrected chi connectivity index (χ1v) is 21.9. The van der Waals surface area contributed by atoms with Gasteiger partial charge in [0, 0.05) is 32.6 Å². The average Bonchev–Trinajstić information content (AvgIpc) is 3.99. The van der Waals surface area contributed by atoms with E-state index in [9.17, 15) is 13.2 Å². The lowest BCUT2D eigenvalue weighted by Gasteiger charge is -2.40. The molecule has 0 radical (unpaired) electrons. The monoisotopic (exact) mass is 844 g/mol. The Kier molecular flexibility index (Phi) is 7.15. The molecule has 1 spiro atoms. The molecule has 0 saturated heterocycles. The fourth-order valence-corrected chi connectivity index (χ4v) is 11.8. The lowest BCUT2D eigenvalue weighted by atomic mass is 9.65. The Morgan fingerprint density at radius 1 is 0.462 bits per heavy atom. The molecular weight excluding hydrogens is 810 g/mol. The second kappa shape index (κ2) is 12.8. The van der Waals surface area contributed by atoms with Crippen LogP contribution in [0.2, 0.25) is 0 Å². The molecule has 0 bridgehead atoms. The molecule has 308 valence electrons. The Balaban J connectivity index is 1.18. The van der Waals surface area contributed by atoms with Crippen LogP contribution in [0.4, 0.5) is 30.2 Å². The van der Waals surface area contributed by atoms with Crippen LogP contribution in [-0.2, 0) is 11.6 Å². The Labute approximate surface area is 370 Å². The Bertz CT molecular complexity index is 4040. The van der Waals surface area contributed by atoms with E-state index in [2.05, 4.69) is 162 Å². The summed E-state index contributed by atoms with van der Waals surface area (Å²) in [4.78, 5) is 2.22. The van der Waals surface area contributed by atoms with Crippen LogP contribution in [0.25, 0.3) is 82.1 Å². The summed E-state index contributed by atoms with van der Waals surface area (Å²) >= 11 is 0. The number of fused-ring (bicyclic) bond motifs is 19. The molecule has 0 amide bonds. The van der Waals surface area contributed by atoms with E-state index in [0.29, 0.717) is 22.0 Å². The van der Waals surface area contributed by atoms with Gasteiger partial charge in [-0.15, -0.1) is 0 Å². The Morgan fingerprint density at radius 2 is 1.08 bits per heavy atom. The van der Waals surface area contributed by atoms with Gasteiger partial charge in [-0.2, -0.15) is 13.2 Å². The van der Waals surface area contributed by atoms with E-state index >= 15 is 0 Å². The molecule has 0 fully saturated rings. The van der Waals surface area contributed by atoms with Gasteiger partial charge in [-0.05, 0) is 98.4 Å². The summed E-state index contributed by atoms with van der Waals surface area (Å²) in [6.45, 7) is 2.08. The van der Waals surface area contributed by atoms with Crippen molar-refractivity contribution in [3.63, 3.8) is 0 Å². The predicted molar refractivity (Wildman–Crippen MR) is 258 cm³/mol. The molecule has 3 heterocycles. The van der Waals surface area contributed by atoms with E-state index in [0.717, 1.165) is 55.9 Å². The molecule has 6 heteroatoms. The van der Waals surface area contributed by atoms with Gasteiger partial charge in [0.2, 0.25) is 0 Å². The van der Waals surface area contributed by atoms with Crippen molar-refractivity contribution in [1.82, 2.24) is 4.57 Å². The minimum atomic E-state index is -4.60. The third-order valence-electron chi connectivity index (χ3n) is 14.3. The lowest BCUT2D eigenvalue weighted by molar-refractivity contribution is -0.136. The Morgan fingerprint density at radius 3 is 1.92 bits per heavy atom. The molecule has 1 atom stereocenters. The van der Waals surface area contributed by atoms with Crippen molar-refractivity contribution in [2.45, 2.75) is 18.5 Å². The van der Waals surface area contributed by atoms with Gasteiger partial charge in [0.25, 0.3) is 0 Å². The quantitative estimate of drug-likeness (QED) is 0.177. The fraction of sp³-hybridized carbons (Fsp3) is 0.0508. The minimum absolute atomic E-state index is 0.172. The predicted octanol–water partition coefficient (Wildman–Crippen LogP) is 16.5. The van der Waals surface area contributed by atoms with E-state index in [1.807, 2.05) is 30.3 Å². The zero-order valence-electron chi connectivity index (χ0n) is 34.9. The smallest absolute Gasteiger partial charge is 0.420 e. The molecule has 1 aliphatic heterocycles. The van der Waals surface area contributed by atoms with E-state index < -0.39 is 17.2 Å². The van der Waals surface area contributed by atoms with Crippen LogP contribution in [-0.4, -0.2) is 4.57 Å². The zero-order chi connectivity index (χ0) is 43.3. The van der Waals surface area contributed by atoms with Gasteiger partial charge in [-0.3, -0.25) is 0 Å². The number of nitrogens with zero attached hydrogens (tertiary/aromatic N) is 2. The molecule has 12 aromatic rings. The van der Waals surface area contributed by atoms with Crippen molar-refractivity contribution < 1.29 is 17.6 Å². The summed E-state index contributed by atoms with van der Waals surface area (Å²) in [5, 5.41) is 7.86. The van der Waals surface area contributed by atoms with Gasteiger partial charge in [0.1, 0.15) is 5.58 Å². The van der Waals surface area contributed by atoms with Gasteiger partial charge in [-0.25, -0.2) is 0 Å². The third kappa shape index (κ3) is 4.60. The number of para-hydroxylation sites is 6. The second-order valence-corrected chi connectivity index (χ2v) is 17.5. The van der Waals surface area contributed by atoms with Crippen LogP contribution in [0.1, 0.15) is 33.4 Å². The summed E-state index contributed by atoms with van der Waals surface area (Å²) in [6, 6.07) is 66.9. The number of aromatic nitrogens is 1. The van der Waals surface area contributed by atoms with Crippen LogP contribution < -0.4 is 4.90 Å². The summed E-state index contributed by atoms with van der Waals surface area (Å²) < 4.78 is 52.9. The van der Waals surface area contributed by atoms with Crippen molar-refractivity contribution in [1.29, 1.82) is 0 Å². The highest BCUT2D eigenvalue weighted by atomic mass is 19.4. The summed E-state index contributed by atoms with van der Waals surface area (Å²) in [5.41, 5.74) is 12.7. The number of benzene rings is 10. The number of rotatable bonds is 3. The highest BCUT2D eigenvalue weighted by Crippen LogP contribution is 2.64. The van der Waals surface area contributed by atoms with Gasteiger partial charge in [0.15, 0.2) is 5.58 Å². The first kappa shape index (κ1) is 36.4. The fourth-order valence-electron chi connectivity index (χ4n) is 11.8. The standard InChI is InChI=1S/C59H35F3N2O/c1-34-15-2-9-27-48(34)63(51-30-14-23-42-41-22-13-26-46(59(60,61)62)56(41)65-57(42)51)52-33-47-54(39-20-6-5-18-37(39)52)53-36-17-4-3-16-35(36)31-32-44(53)58(47)43-24-8-11-29-50(43)64-49-28-10-7-19-38(49)40-21-12-25-45(58)55(40)64/h2-33H,1H3. The van der Waals surface area contributed by atoms with Crippen molar-refractivity contribution in [2.75, 3.05) is 4.90 Å². The molecule has 1 aliphatic carbocycles. The summed E-state index contributed by atoms with van der Waals surface area (Å²) in [5.74, 6) is 0. The molecule has 14 rings (SSSR count). The third-order valence-corrected chi connectivity index (χ3v) is 14.3. The maximum absolute atomic E-state index is 14.6. The summed E-state index contributed by atoms with van der Waals surface area (Å²) in [7, 11) is 0. The lowest BCUT2D eigenvalue weighted by Crippen LogP contribution is -2.33. The van der Waals surface area contributed by atoms with Crippen LogP contribution in [0.5, 0.6) is 0 Å². The second-order valence-electron chi connectivity index (χ2n) is 17.5. The van der Waals surface area contributed by atoms with E-state index in [4.69, 9.17) is 4.42 Å².